The molecule has 2 unspecified atom stereocenters. The van der Waals surface area contributed by atoms with E-state index in [0.717, 1.165) is 31.4 Å². The van der Waals surface area contributed by atoms with Crippen molar-refractivity contribution in [3.8, 4) is 0 Å². The van der Waals surface area contributed by atoms with E-state index in [-0.39, 0.29) is 6.03 Å². The van der Waals surface area contributed by atoms with Gasteiger partial charge in [-0.15, -0.1) is 0 Å². The number of urea groups is 1. The van der Waals surface area contributed by atoms with Crippen molar-refractivity contribution in [1.82, 2.24) is 15.5 Å². The Hall–Kier alpha value is -0.420. The first-order valence-corrected chi connectivity index (χ1v) is 7.87. The summed E-state index contributed by atoms with van der Waals surface area (Å²) in [7, 11) is 0. The fourth-order valence-corrected chi connectivity index (χ4v) is 3.50. The summed E-state index contributed by atoms with van der Waals surface area (Å²) in [6.45, 7) is 3.43. The van der Waals surface area contributed by atoms with E-state index in [1.807, 2.05) is 16.7 Å². The van der Waals surface area contributed by atoms with Crippen LogP contribution in [0.2, 0.25) is 0 Å². The molecule has 0 aromatic rings. The first kappa shape index (κ1) is 13.0. The molecular weight excluding hydrogens is 234 g/mol. The third-order valence-electron chi connectivity index (χ3n) is 3.72. The SMILES string of the molecule is CSC1CCCC(NCCN2CCNC2=O)C1. The molecule has 1 aliphatic carbocycles. The molecule has 2 atom stereocenters. The zero-order valence-electron chi connectivity index (χ0n) is 10.6. The molecule has 0 spiro atoms. The first-order valence-electron chi connectivity index (χ1n) is 6.58. The smallest absolute Gasteiger partial charge is 0.317 e. The number of carbonyl (C=O) groups excluding carboxylic acids is 1. The minimum absolute atomic E-state index is 0.0948. The summed E-state index contributed by atoms with van der Waals surface area (Å²) in [6.07, 6.45) is 7.50. The van der Waals surface area contributed by atoms with Gasteiger partial charge in [0, 0.05) is 37.5 Å². The molecule has 0 aromatic carbocycles. The molecule has 17 heavy (non-hydrogen) atoms. The number of amides is 2. The van der Waals surface area contributed by atoms with Gasteiger partial charge in [-0.25, -0.2) is 4.79 Å². The molecular formula is C12H23N3OS. The quantitative estimate of drug-likeness (QED) is 0.780. The molecule has 2 aliphatic rings. The van der Waals surface area contributed by atoms with Gasteiger partial charge in [0.15, 0.2) is 0 Å². The van der Waals surface area contributed by atoms with Crippen LogP contribution in [0.3, 0.4) is 0 Å². The Morgan fingerprint density at radius 1 is 1.53 bits per heavy atom. The van der Waals surface area contributed by atoms with Crippen LogP contribution in [0.4, 0.5) is 4.79 Å². The second kappa shape index (κ2) is 6.50. The second-order valence-corrected chi connectivity index (χ2v) is 6.03. The molecule has 0 radical (unpaired) electrons. The van der Waals surface area contributed by atoms with Crippen LogP contribution < -0.4 is 10.6 Å². The summed E-state index contributed by atoms with van der Waals surface area (Å²) in [5, 5.41) is 7.26. The van der Waals surface area contributed by atoms with Crippen molar-refractivity contribution in [2.75, 3.05) is 32.4 Å². The van der Waals surface area contributed by atoms with Crippen molar-refractivity contribution >= 4 is 17.8 Å². The van der Waals surface area contributed by atoms with Gasteiger partial charge in [-0.05, 0) is 25.5 Å². The van der Waals surface area contributed by atoms with Crippen molar-refractivity contribution in [3.63, 3.8) is 0 Å². The largest absolute Gasteiger partial charge is 0.336 e. The van der Waals surface area contributed by atoms with Crippen molar-refractivity contribution in [2.24, 2.45) is 0 Å². The number of hydrogen-bond donors (Lipinski definition) is 2. The maximum absolute atomic E-state index is 11.3. The number of thioether (sulfide) groups is 1. The lowest BCUT2D eigenvalue weighted by molar-refractivity contribution is 0.216. The highest BCUT2D eigenvalue weighted by atomic mass is 32.2. The van der Waals surface area contributed by atoms with Crippen LogP contribution >= 0.6 is 11.8 Å². The molecule has 2 N–H and O–H groups in total. The average Bonchev–Trinajstić information content (AvgIpc) is 2.76. The predicted molar refractivity (Wildman–Crippen MR) is 72.5 cm³/mol. The summed E-state index contributed by atoms with van der Waals surface area (Å²) >= 11 is 1.99. The zero-order valence-corrected chi connectivity index (χ0v) is 11.4. The van der Waals surface area contributed by atoms with Gasteiger partial charge in [-0.2, -0.15) is 11.8 Å². The molecule has 2 fully saturated rings. The topological polar surface area (TPSA) is 44.4 Å². The molecule has 4 nitrogen and oxygen atoms in total. The van der Waals surface area contributed by atoms with Crippen LogP contribution in [0.25, 0.3) is 0 Å². The van der Waals surface area contributed by atoms with Crippen LogP contribution in [-0.4, -0.2) is 54.7 Å². The number of rotatable bonds is 5. The van der Waals surface area contributed by atoms with Crippen LogP contribution in [0.1, 0.15) is 25.7 Å². The minimum atomic E-state index is 0.0948. The third-order valence-corrected chi connectivity index (χ3v) is 4.81. The number of carbonyl (C=O) groups is 1. The van der Waals surface area contributed by atoms with Gasteiger partial charge < -0.3 is 15.5 Å². The summed E-state index contributed by atoms with van der Waals surface area (Å²) in [5.74, 6) is 0. The summed E-state index contributed by atoms with van der Waals surface area (Å²) in [5.41, 5.74) is 0. The highest BCUT2D eigenvalue weighted by Gasteiger charge is 2.22. The Kier molecular flexibility index (Phi) is 4.98. The van der Waals surface area contributed by atoms with E-state index >= 15 is 0 Å². The molecule has 2 amide bonds. The second-order valence-electron chi connectivity index (χ2n) is 4.89. The molecule has 1 heterocycles. The molecule has 5 heteroatoms. The molecule has 1 saturated carbocycles. The summed E-state index contributed by atoms with van der Waals surface area (Å²) in [4.78, 5) is 13.2. The maximum Gasteiger partial charge on any atom is 0.317 e. The monoisotopic (exact) mass is 257 g/mol. The highest BCUT2D eigenvalue weighted by molar-refractivity contribution is 7.99. The van der Waals surface area contributed by atoms with Gasteiger partial charge in [0.25, 0.3) is 0 Å². The van der Waals surface area contributed by atoms with Crippen LogP contribution in [0.5, 0.6) is 0 Å². The van der Waals surface area contributed by atoms with Crippen molar-refractivity contribution in [3.05, 3.63) is 0 Å². The normalized spacial score (nSPS) is 29.5. The molecule has 0 bridgehead atoms. The molecule has 0 aromatic heterocycles. The fraction of sp³-hybridized carbons (Fsp3) is 0.917. The Morgan fingerprint density at radius 2 is 2.41 bits per heavy atom. The maximum atomic E-state index is 11.3. The summed E-state index contributed by atoms with van der Waals surface area (Å²) < 4.78 is 0. The van der Waals surface area contributed by atoms with Crippen molar-refractivity contribution in [1.29, 1.82) is 0 Å². The lowest BCUT2D eigenvalue weighted by Gasteiger charge is -2.29. The zero-order chi connectivity index (χ0) is 12.1. The van der Waals surface area contributed by atoms with E-state index in [9.17, 15) is 4.79 Å². The van der Waals surface area contributed by atoms with E-state index in [1.165, 1.54) is 25.7 Å². The third kappa shape index (κ3) is 3.78. The number of hydrogen-bond acceptors (Lipinski definition) is 3. The van der Waals surface area contributed by atoms with E-state index < -0.39 is 0 Å². The van der Waals surface area contributed by atoms with Gasteiger partial charge in [-0.1, -0.05) is 6.42 Å². The van der Waals surface area contributed by atoms with Gasteiger partial charge in [0.2, 0.25) is 0 Å². The molecule has 1 saturated heterocycles. The van der Waals surface area contributed by atoms with Crippen molar-refractivity contribution in [2.45, 2.75) is 37.0 Å². The Labute approximate surface area is 108 Å². The van der Waals surface area contributed by atoms with E-state index in [2.05, 4.69) is 16.9 Å². The van der Waals surface area contributed by atoms with Gasteiger partial charge in [-0.3, -0.25) is 0 Å². The number of nitrogens with zero attached hydrogens (tertiary/aromatic N) is 1. The molecule has 98 valence electrons. The van der Waals surface area contributed by atoms with E-state index in [1.54, 1.807) is 0 Å². The minimum Gasteiger partial charge on any atom is -0.336 e. The summed E-state index contributed by atoms with van der Waals surface area (Å²) in [6, 6.07) is 0.754. The van der Waals surface area contributed by atoms with E-state index in [0.29, 0.717) is 6.04 Å². The molecule has 2 rings (SSSR count). The highest BCUT2D eigenvalue weighted by Crippen LogP contribution is 2.26. The standard InChI is InChI=1S/C12H23N3OS/c1-17-11-4-2-3-10(9-11)13-5-7-15-8-6-14-12(15)16/h10-11,13H,2-9H2,1H3,(H,14,16). The lowest BCUT2D eigenvalue weighted by Crippen LogP contribution is -2.41. The van der Waals surface area contributed by atoms with Gasteiger partial charge in [0.1, 0.15) is 0 Å². The van der Waals surface area contributed by atoms with Gasteiger partial charge >= 0.3 is 6.03 Å². The predicted octanol–water partition coefficient (Wildman–Crippen LogP) is 1.28. The first-order chi connectivity index (χ1) is 8.29. The Morgan fingerprint density at radius 3 is 3.12 bits per heavy atom. The average molecular weight is 257 g/mol. The molecule has 1 aliphatic heterocycles. The van der Waals surface area contributed by atoms with Crippen molar-refractivity contribution < 1.29 is 4.79 Å². The Bertz CT molecular complexity index is 262. The lowest BCUT2D eigenvalue weighted by atomic mass is 9.95. The number of nitrogens with one attached hydrogen (secondary N) is 2. The Balaban J connectivity index is 1.62. The van der Waals surface area contributed by atoms with Crippen LogP contribution in [0, 0.1) is 0 Å². The fourth-order valence-electron chi connectivity index (χ4n) is 2.67. The van der Waals surface area contributed by atoms with Crippen LogP contribution in [0.15, 0.2) is 0 Å². The van der Waals surface area contributed by atoms with Gasteiger partial charge in [0.05, 0.1) is 0 Å². The van der Waals surface area contributed by atoms with Crippen LogP contribution in [-0.2, 0) is 0 Å². The van der Waals surface area contributed by atoms with E-state index in [4.69, 9.17) is 0 Å².